The number of hydrogen-bond acceptors (Lipinski definition) is 7. The van der Waals surface area contributed by atoms with Crippen LogP contribution in [0.5, 0.6) is 23.0 Å². The molecule has 2 aromatic carbocycles. The summed E-state index contributed by atoms with van der Waals surface area (Å²) >= 11 is 0. The minimum Gasteiger partial charge on any atom is -0.870 e. The maximum Gasteiger partial charge on any atom is 0.331 e. The molecule has 8 heteroatoms. The first-order valence-electron chi connectivity index (χ1n) is 9.07. The smallest absolute Gasteiger partial charge is 0.331 e. The third-order valence-electron chi connectivity index (χ3n) is 4.09. The Morgan fingerprint density at radius 2 is 1.63 bits per heavy atom. The predicted octanol–water partition coefficient (Wildman–Crippen LogP) is 2.77. The number of benzene rings is 2. The topological polar surface area (TPSA) is 147 Å². The molecule has 0 amide bonds. The number of carbonyl (C=O) groups excluding carboxylic acids is 1. The van der Waals surface area contributed by atoms with E-state index < -0.39 is 23.4 Å². The van der Waals surface area contributed by atoms with Crippen LogP contribution in [0.3, 0.4) is 0 Å². The molecule has 0 aliphatic carbocycles. The molecule has 0 aromatic heterocycles. The first-order chi connectivity index (χ1) is 14.3. The summed E-state index contributed by atoms with van der Waals surface area (Å²) in [5.41, 5.74) is 1.02. The summed E-state index contributed by atoms with van der Waals surface area (Å²) in [4.78, 5) is 23.1. The van der Waals surface area contributed by atoms with Crippen molar-refractivity contribution in [2.24, 2.45) is 0 Å². The highest BCUT2D eigenvalue weighted by molar-refractivity contribution is 5.92. The van der Waals surface area contributed by atoms with E-state index in [4.69, 9.17) is 4.74 Å². The zero-order chi connectivity index (χ0) is 22.1. The fraction of sp³-hybridized carbons (Fsp3) is 0.182. The highest BCUT2D eigenvalue weighted by Gasteiger charge is 2.08. The van der Waals surface area contributed by atoms with Gasteiger partial charge in [0.15, 0.2) is 11.5 Å². The van der Waals surface area contributed by atoms with Crippen LogP contribution in [0.1, 0.15) is 30.4 Å². The summed E-state index contributed by atoms with van der Waals surface area (Å²) < 4.78 is 5.03. The maximum absolute atomic E-state index is 11.7. The van der Waals surface area contributed by atoms with Gasteiger partial charge in [0.1, 0.15) is 5.75 Å². The molecule has 0 aliphatic heterocycles. The number of rotatable bonds is 9. The van der Waals surface area contributed by atoms with Gasteiger partial charge in [0.2, 0.25) is 0 Å². The van der Waals surface area contributed by atoms with Gasteiger partial charge in [-0.05, 0) is 60.7 Å². The lowest BCUT2D eigenvalue weighted by molar-refractivity contribution is -0.270. The van der Waals surface area contributed by atoms with E-state index in [0.29, 0.717) is 24.0 Å². The van der Waals surface area contributed by atoms with E-state index in [1.807, 2.05) is 0 Å². The third kappa shape index (κ3) is 6.90. The van der Waals surface area contributed by atoms with E-state index in [-0.39, 0.29) is 30.1 Å². The summed E-state index contributed by atoms with van der Waals surface area (Å²) in [5.74, 6) is -3.25. The molecule has 0 aliphatic rings. The Kier molecular flexibility index (Phi) is 7.87. The Labute approximate surface area is 172 Å². The number of esters is 1. The Bertz CT molecular complexity index is 975. The average molecular weight is 413 g/mol. The van der Waals surface area contributed by atoms with Gasteiger partial charge in [-0.1, -0.05) is 23.9 Å². The quantitative estimate of drug-likeness (QED) is 0.212. The molecular weight excluding hydrogens is 392 g/mol. The van der Waals surface area contributed by atoms with E-state index in [2.05, 4.69) is 0 Å². The number of carboxylic acids is 1. The van der Waals surface area contributed by atoms with Crippen LogP contribution in [0.2, 0.25) is 0 Å². The Morgan fingerprint density at radius 3 is 2.30 bits per heavy atom. The van der Waals surface area contributed by atoms with Gasteiger partial charge in [-0.3, -0.25) is 0 Å². The molecule has 0 bridgehead atoms. The second-order valence-corrected chi connectivity index (χ2v) is 6.41. The molecule has 30 heavy (non-hydrogen) atoms. The van der Waals surface area contributed by atoms with Gasteiger partial charge in [-0.15, -0.1) is 0 Å². The largest absolute Gasteiger partial charge is 0.870 e. The maximum atomic E-state index is 11.7. The first-order valence-corrected chi connectivity index (χ1v) is 9.07. The molecule has 0 spiro atoms. The monoisotopic (exact) mass is 413 g/mol. The fourth-order valence-electron chi connectivity index (χ4n) is 2.51. The van der Waals surface area contributed by atoms with Crippen molar-refractivity contribution in [3.05, 3.63) is 59.2 Å². The van der Waals surface area contributed by atoms with Gasteiger partial charge in [-0.25, -0.2) is 9.59 Å². The molecule has 0 unspecified atom stereocenters. The molecule has 8 nitrogen and oxygen atoms in total. The molecule has 0 saturated heterocycles. The van der Waals surface area contributed by atoms with Gasteiger partial charge in [-0.2, -0.15) is 0 Å². The Hall–Kier alpha value is -3.94. The molecule has 0 atom stereocenters. The Morgan fingerprint density at radius 1 is 0.933 bits per heavy atom. The van der Waals surface area contributed by atoms with Crippen molar-refractivity contribution in [2.45, 2.75) is 19.3 Å². The standard InChI is InChI=1S/C22H22O8/c23-17-7-4-14(12-19(17)25)6-9-21(27)30-10-2-1-3-16(22(28)29)11-15-5-8-18(24)20(26)13-15/h4-9,11-13,23-26H,1-3,10H2,(H,28,29)/p-1/b9-6+,16-11-. The van der Waals surface area contributed by atoms with Gasteiger partial charge in [0.25, 0.3) is 0 Å². The highest BCUT2D eigenvalue weighted by atomic mass is 16.5. The summed E-state index contributed by atoms with van der Waals surface area (Å²) in [6.07, 6.45) is 5.09. The molecular formula is C22H21O8-. The van der Waals surface area contributed by atoms with Crippen molar-refractivity contribution in [1.82, 2.24) is 0 Å². The zero-order valence-corrected chi connectivity index (χ0v) is 15.9. The lowest BCUT2D eigenvalue weighted by Crippen LogP contribution is -2.04. The summed E-state index contributed by atoms with van der Waals surface area (Å²) in [7, 11) is 0. The van der Waals surface area contributed by atoms with E-state index in [1.54, 1.807) is 0 Å². The van der Waals surface area contributed by atoms with Crippen molar-refractivity contribution in [3.8, 4) is 23.0 Å². The molecule has 4 N–H and O–H groups in total. The lowest BCUT2D eigenvalue weighted by atomic mass is 10.0. The molecule has 0 fully saturated rings. The van der Waals surface area contributed by atoms with Gasteiger partial charge in [0.05, 0.1) is 6.61 Å². The lowest BCUT2D eigenvalue weighted by Gasteiger charge is -2.09. The predicted molar refractivity (Wildman–Crippen MR) is 107 cm³/mol. The molecule has 2 aromatic rings. The van der Waals surface area contributed by atoms with Gasteiger partial charge < -0.3 is 30.3 Å². The SMILES string of the molecule is O=C(/C=C/c1ccc(O)c(O)c1)OCCCC/C(=C/c1ccc([O-])c(O)c1)C(=O)O. The van der Waals surface area contributed by atoms with E-state index >= 15 is 0 Å². The zero-order valence-electron chi connectivity index (χ0n) is 15.9. The average Bonchev–Trinajstić information content (AvgIpc) is 2.70. The molecule has 0 heterocycles. The number of ether oxygens (including phenoxy) is 1. The fourth-order valence-corrected chi connectivity index (χ4v) is 2.51. The summed E-state index contributed by atoms with van der Waals surface area (Å²) in [5, 5.41) is 48.5. The van der Waals surface area contributed by atoms with Crippen LogP contribution in [0.15, 0.2) is 48.0 Å². The van der Waals surface area contributed by atoms with Crippen molar-refractivity contribution in [3.63, 3.8) is 0 Å². The molecule has 0 saturated carbocycles. The van der Waals surface area contributed by atoms with Crippen LogP contribution in [-0.2, 0) is 14.3 Å². The van der Waals surface area contributed by atoms with Crippen molar-refractivity contribution < 1.29 is 39.9 Å². The normalized spacial score (nSPS) is 11.5. The molecule has 0 radical (unpaired) electrons. The van der Waals surface area contributed by atoms with E-state index in [0.717, 1.165) is 6.07 Å². The number of carbonyl (C=O) groups is 2. The number of phenolic OH excluding ortho intramolecular Hbond substituents is 3. The van der Waals surface area contributed by atoms with Crippen LogP contribution in [0.25, 0.3) is 12.2 Å². The van der Waals surface area contributed by atoms with Crippen molar-refractivity contribution in [2.75, 3.05) is 6.61 Å². The number of hydrogen-bond donors (Lipinski definition) is 4. The van der Waals surface area contributed by atoms with Crippen LogP contribution < -0.4 is 5.11 Å². The summed E-state index contributed by atoms with van der Waals surface area (Å²) in [6.45, 7) is 0.0998. The number of phenols is 3. The highest BCUT2D eigenvalue weighted by Crippen LogP contribution is 2.26. The third-order valence-corrected chi connectivity index (χ3v) is 4.09. The Balaban J connectivity index is 1.79. The van der Waals surface area contributed by atoms with Gasteiger partial charge in [0, 0.05) is 11.6 Å². The van der Waals surface area contributed by atoms with E-state index in [9.17, 15) is 35.1 Å². The van der Waals surface area contributed by atoms with Crippen LogP contribution >= 0.6 is 0 Å². The second kappa shape index (κ2) is 10.6. The van der Waals surface area contributed by atoms with Crippen molar-refractivity contribution >= 4 is 24.1 Å². The van der Waals surface area contributed by atoms with Crippen LogP contribution in [0, 0.1) is 0 Å². The number of carboxylic acid groups (broad SMARTS) is 1. The second-order valence-electron chi connectivity index (χ2n) is 6.41. The molecule has 158 valence electrons. The van der Waals surface area contributed by atoms with Gasteiger partial charge >= 0.3 is 11.9 Å². The minimum atomic E-state index is -1.11. The molecule has 2 rings (SSSR count). The summed E-state index contributed by atoms with van der Waals surface area (Å²) in [6, 6.07) is 7.89. The van der Waals surface area contributed by atoms with E-state index in [1.165, 1.54) is 48.6 Å². The number of aromatic hydroxyl groups is 3. The van der Waals surface area contributed by atoms with Crippen LogP contribution in [0.4, 0.5) is 0 Å². The number of unbranched alkanes of at least 4 members (excludes halogenated alkanes) is 1. The van der Waals surface area contributed by atoms with Crippen LogP contribution in [-0.4, -0.2) is 39.0 Å². The first kappa shape index (κ1) is 22.4. The number of aliphatic carboxylic acids is 1. The van der Waals surface area contributed by atoms with Crippen molar-refractivity contribution in [1.29, 1.82) is 0 Å². The minimum absolute atomic E-state index is 0.0998.